The largest absolute Gasteiger partial charge is 0.489 e. The molecule has 0 heterocycles. The molecule has 6 nitrogen and oxygen atoms in total. The maximum absolute atomic E-state index is 12.7. The summed E-state index contributed by atoms with van der Waals surface area (Å²) in [5.74, 6) is 0.118. The normalized spacial score (nSPS) is 11.2. The lowest BCUT2D eigenvalue weighted by Gasteiger charge is -2.15. The second kappa shape index (κ2) is 9.00. The maximum atomic E-state index is 12.7. The molecule has 0 spiro atoms. The number of aryl methyl sites for hydroxylation is 1. The summed E-state index contributed by atoms with van der Waals surface area (Å²) in [6, 6.07) is 20.0. The molecule has 0 aliphatic rings. The number of benzene rings is 3. The molecular weight excluding hydrogens is 400 g/mol. The molecule has 0 radical (unpaired) electrons. The van der Waals surface area contributed by atoms with E-state index in [4.69, 9.17) is 4.74 Å². The Morgan fingerprint density at radius 2 is 1.63 bits per heavy atom. The Hall–Kier alpha value is -3.32. The van der Waals surface area contributed by atoms with Gasteiger partial charge in [0.25, 0.3) is 15.9 Å². The average molecular weight is 425 g/mol. The minimum absolute atomic E-state index is 0.00226. The highest BCUT2D eigenvalue weighted by molar-refractivity contribution is 7.92. The smallest absolute Gasteiger partial charge is 0.261 e. The molecule has 0 unspecified atom stereocenters. The topological polar surface area (TPSA) is 84.5 Å². The highest BCUT2D eigenvalue weighted by atomic mass is 32.2. The molecule has 1 amide bonds. The van der Waals surface area contributed by atoms with E-state index in [1.807, 2.05) is 39.0 Å². The summed E-state index contributed by atoms with van der Waals surface area (Å²) in [6.07, 6.45) is -0.0515. The second-order valence-corrected chi connectivity index (χ2v) is 8.80. The summed E-state index contributed by atoms with van der Waals surface area (Å²) < 4.78 is 33.7. The highest BCUT2D eigenvalue weighted by Crippen LogP contribution is 2.26. The van der Waals surface area contributed by atoms with Gasteiger partial charge in [-0.15, -0.1) is 0 Å². The molecule has 0 bridgehead atoms. The van der Waals surface area contributed by atoms with Crippen LogP contribution in [0.15, 0.2) is 77.7 Å². The van der Waals surface area contributed by atoms with Gasteiger partial charge in [-0.3, -0.25) is 9.52 Å². The zero-order valence-corrected chi connectivity index (χ0v) is 17.9. The van der Waals surface area contributed by atoms with Crippen molar-refractivity contribution in [3.63, 3.8) is 0 Å². The Bertz CT molecular complexity index is 1140. The summed E-state index contributed by atoms with van der Waals surface area (Å²) in [4.78, 5) is 12.7. The Morgan fingerprint density at radius 3 is 2.33 bits per heavy atom. The van der Waals surface area contributed by atoms with Crippen LogP contribution in [0.2, 0.25) is 0 Å². The molecule has 0 aromatic heterocycles. The van der Waals surface area contributed by atoms with Crippen LogP contribution in [0.1, 0.15) is 29.8 Å². The molecule has 7 heteroatoms. The number of carbonyl (C=O) groups excluding carboxylic acids is 1. The molecule has 3 aromatic carbocycles. The Morgan fingerprint density at radius 1 is 0.933 bits per heavy atom. The molecule has 30 heavy (non-hydrogen) atoms. The van der Waals surface area contributed by atoms with Crippen LogP contribution in [0.25, 0.3) is 0 Å². The van der Waals surface area contributed by atoms with Crippen LogP contribution in [0, 0.1) is 6.92 Å². The molecule has 0 saturated heterocycles. The first-order chi connectivity index (χ1) is 14.2. The Labute approximate surface area is 177 Å². The number of amides is 1. The van der Waals surface area contributed by atoms with E-state index in [0.29, 0.717) is 17.1 Å². The fraction of sp³-hybridized carbons (Fsp3) is 0.174. The number of hydrogen-bond donors (Lipinski definition) is 2. The van der Waals surface area contributed by atoms with E-state index < -0.39 is 15.9 Å². The molecule has 3 rings (SSSR count). The van der Waals surface area contributed by atoms with Crippen molar-refractivity contribution in [3.8, 4) is 5.75 Å². The van der Waals surface area contributed by atoms with Crippen LogP contribution in [-0.2, 0) is 10.0 Å². The molecule has 0 aliphatic carbocycles. The van der Waals surface area contributed by atoms with Crippen molar-refractivity contribution >= 4 is 27.3 Å². The summed E-state index contributed by atoms with van der Waals surface area (Å²) in [6.45, 7) is 5.71. The third-order valence-corrected chi connectivity index (χ3v) is 5.59. The lowest BCUT2D eigenvalue weighted by atomic mass is 10.2. The predicted octanol–water partition coefficient (Wildman–Crippen LogP) is 4.84. The van der Waals surface area contributed by atoms with Crippen LogP contribution < -0.4 is 14.8 Å². The van der Waals surface area contributed by atoms with E-state index in [1.165, 1.54) is 18.2 Å². The molecule has 156 valence electrons. The van der Waals surface area contributed by atoms with Crippen molar-refractivity contribution in [1.82, 2.24) is 0 Å². The quantitative estimate of drug-likeness (QED) is 0.569. The van der Waals surface area contributed by atoms with Crippen molar-refractivity contribution in [2.75, 3.05) is 10.0 Å². The molecule has 0 fully saturated rings. The van der Waals surface area contributed by atoms with Gasteiger partial charge in [0, 0.05) is 11.3 Å². The molecule has 0 atom stereocenters. The van der Waals surface area contributed by atoms with Gasteiger partial charge < -0.3 is 10.1 Å². The van der Waals surface area contributed by atoms with Crippen LogP contribution in [-0.4, -0.2) is 20.4 Å². The van der Waals surface area contributed by atoms with Crippen LogP contribution in [0.4, 0.5) is 11.4 Å². The number of anilines is 2. The molecule has 2 N–H and O–H groups in total. The number of nitrogens with one attached hydrogen (secondary N) is 2. The van der Waals surface area contributed by atoms with Crippen molar-refractivity contribution in [1.29, 1.82) is 0 Å². The van der Waals surface area contributed by atoms with Gasteiger partial charge >= 0.3 is 0 Å². The fourth-order valence-electron chi connectivity index (χ4n) is 2.76. The fourth-order valence-corrected chi connectivity index (χ4v) is 3.87. The first-order valence-corrected chi connectivity index (χ1v) is 11.0. The number of carbonyl (C=O) groups is 1. The lowest BCUT2D eigenvalue weighted by Crippen LogP contribution is -2.16. The van der Waals surface area contributed by atoms with E-state index in [-0.39, 0.29) is 16.6 Å². The number of para-hydroxylation sites is 2. The summed E-state index contributed by atoms with van der Waals surface area (Å²) >= 11 is 0. The SMILES string of the molecule is Cc1ccc(NS(=O)(=O)c2cccc(C(=O)Nc3ccccc3OC(C)C)c2)cc1. The van der Waals surface area contributed by atoms with Crippen molar-refractivity contribution in [2.45, 2.75) is 31.8 Å². The van der Waals surface area contributed by atoms with Gasteiger partial charge in [-0.05, 0) is 63.2 Å². The predicted molar refractivity (Wildman–Crippen MR) is 119 cm³/mol. The van der Waals surface area contributed by atoms with Crippen LogP contribution >= 0.6 is 0 Å². The van der Waals surface area contributed by atoms with Crippen molar-refractivity contribution in [3.05, 3.63) is 83.9 Å². The lowest BCUT2D eigenvalue weighted by molar-refractivity contribution is 0.102. The summed E-state index contributed by atoms with van der Waals surface area (Å²) in [5.41, 5.74) is 2.22. The zero-order chi connectivity index (χ0) is 21.7. The zero-order valence-electron chi connectivity index (χ0n) is 17.0. The van der Waals surface area contributed by atoms with Gasteiger partial charge in [0.15, 0.2) is 0 Å². The molecular formula is C23H24N2O4S. The number of ether oxygens (including phenoxy) is 1. The monoisotopic (exact) mass is 424 g/mol. The molecule has 0 aliphatic heterocycles. The average Bonchev–Trinajstić information content (AvgIpc) is 2.71. The van der Waals surface area contributed by atoms with Gasteiger partial charge in [0.05, 0.1) is 16.7 Å². The van der Waals surface area contributed by atoms with E-state index >= 15 is 0 Å². The van der Waals surface area contributed by atoms with Gasteiger partial charge in [0.1, 0.15) is 5.75 Å². The maximum Gasteiger partial charge on any atom is 0.261 e. The number of rotatable bonds is 7. The Kier molecular flexibility index (Phi) is 6.42. The van der Waals surface area contributed by atoms with E-state index in [9.17, 15) is 13.2 Å². The molecule has 0 saturated carbocycles. The minimum atomic E-state index is -3.83. The summed E-state index contributed by atoms with van der Waals surface area (Å²) in [5, 5.41) is 2.79. The minimum Gasteiger partial charge on any atom is -0.489 e. The van der Waals surface area contributed by atoms with E-state index in [2.05, 4.69) is 10.0 Å². The number of hydrogen-bond acceptors (Lipinski definition) is 4. The highest BCUT2D eigenvalue weighted by Gasteiger charge is 2.17. The van der Waals surface area contributed by atoms with Crippen LogP contribution in [0.5, 0.6) is 5.75 Å². The second-order valence-electron chi connectivity index (χ2n) is 7.12. The van der Waals surface area contributed by atoms with E-state index in [1.54, 1.807) is 36.4 Å². The van der Waals surface area contributed by atoms with E-state index in [0.717, 1.165) is 5.56 Å². The Balaban J connectivity index is 1.81. The molecule has 3 aromatic rings. The third-order valence-electron chi connectivity index (χ3n) is 4.21. The van der Waals surface area contributed by atoms with Crippen molar-refractivity contribution in [2.24, 2.45) is 0 Å². The van der Waals surface area contributed by atoms with Gasteiger partial charge in [-0.1, -0.05) is 35.9 Å². The van der Waals surface area contributed by atoms with Crippen LogP contribution in [0.3, 0.4) is 0 Å². The van der Waals surface area contributed by atoms with Gasteiger partial charge in [-0.2, -0.15) is 0 Å². The van der Waals surface area contributed by atoms with Gasteiger partial charge in [-0.25, -0.2) is 8.42 Å². The summed E-state index contributed by atoms with van der Waals surface area (Å²) in [7, 11) is -3.83. The first kappa shape index (κ1) is 21.4. The van der Waals surface area contributed by atoms with Crippen molar-refractivity contribution < 1.29 is 17.9 Å². The number of sulfonamides is 1. The van der Waals surface area contributed by atoms with Gasteiger partial charge in [0.2, 0.25) is 0 Å². The third kappa shape index (κ3) is 5.39. The standard InChI is InChI=1S/C23H24N2O4S/c1-16(2)29-22-10-5-4-9-21(22)24-23(26)18-7-6-8-20(15-18)30(27,28)25-19-13-11-17(3)12-14-19/h4-16,25H,1-3H3,(H,24,26). The first-order valence-electron chi connectivity index (χ1n) is 9.51.